The van der Waals surface area contributed by atoms with E-state index in [1.807, 2.05) is 6.92 Å². The molecule has 2 rings (SSSR count). The SMILES string of the molecule is Cc1nc(NCCCCCC(=O)O)c2c(C)c(C)sc2n1. The molecule has 0 saturated heterocycles. The van der Waals surface area contributed by atoms with Gasteiger partial charge >= 0.3 is 5.97 Å². The molecule has 2 aromatic rings. The van der Waals surface area contributed by atoms with Crippen LogP contribution in [0, 0.1) is 20.8 Å². The Labute approximate surface area is 128 Å². The summed E-state index contributed by atoms with van der Waals surface area (Å²) < 4.78 is 0. The molecule has 0 unspecified atom stereocenters. The first-order valence-electron chi connectivity index (χ1n) is 7.19. The van der Waals surface area contributed by atoms with Crippen molar-refractivity contribution in [3.05, 3.63) is 16.3 Å². The fourth-order valence-corrected chi connectivity index (χ4v) is 3.34. The first-order chi connectivity index (χ1) is 9.99. The van der Waals surface area contributed by atoms with Crippen LogP contribution in [-0.2, 0) is 4.79 Å². The molecule has 2 heterocycles. The van der Waals surface area contributed by atoms with Crippen molar-refractivity contribution < 1.29 is 9.90 Å². The summed E-state index contributed by atoms with van der Waals surface area (Å²) in [5.41, 5.74) is 1.24. The van der Waals surface area contributed by atoms with Crippen molar-refractivity contribution in [1.29, 1.82) is 0 Å². The van der Waals surface area contributed by atoms with Gasteiger partial charge in [0.05, 0.1) is 5.39 Å². The zero-order chi connectivity index (χ0) is 15.4. The maximum atomic E-state index is 10.4. The lowest BCUT2D eigenvalue weighted by Gasteiger charge is -2.08. The van der Waals surface area contributed by atoms with E-state index in [9.17, 15) is 4.79 Å². The molecular weight excluding hydrogens is 286 g/mol. The Morgan fingerprint density at radius 2 is 1.95 bits per heavy atom. The number of nitrogens with zero attached hydrogens (tertiary/aromatic N) is 2. The molecule has 0 radical (unpaired) electrons. The molecule has 0 aliphatic heterocycles. The number of hydrogen-bond donors (Lipinski definition) is 2. The van der Waals surface area contributed by atoms with E-state index in [-0.39, 0.29) is 6.42 Å². The number of carbonyl (C=O) groups is 1. The van der Waals surface area contributed by atoms with Gasteiger partial charge in [0.25, 0.3) is 0 Å². The molecule has 0 aliphatic carbocycles. The molecule has 0 saturated carbocycles. The molecule has 0 amide bonds. The number of thiophene rings is 1. The smallest absolute Gasteiger partial charge is 0.303 e. The third-order valence-corrected chi connectivity index (χ3v) is 4.60. The van der Waals surface area contributed by atoms with Crippen LogP contribution in [0.2, 0.25) is 0 Å². The second-order valence-electron chi connectivity index (χ2n) is 5.21. The number of aliphatic carboxylic acids is 1. The number of carboxylic acid groups (broad SMARTS) is 1. The van der Waals surface area contributed by atoms with Crippen molar-refractivity contribution >= 4 is 33.3 Å². The van der Waals surface area contributed by atoms with Crippen LogP contribution in [-0.4, -0.2) is 27.6 Å². The molecule has 2 aromatic heterocycles. The van der Waals surface area contributed by atoms with E-state index in [4.69, 9.17) is 5.11 Å². The minimum Gasteiger partial charge on any atom is -0.481 e. The summed E-state index contributed by atoms with van der Waals surface area (Å²) in [6, 6.07) is 0. The quantitative estimate of drug-likeness (QED) is 0.763. The van der Waals surface area contributed by atoms with Gasteiger partial charge in [-0.3, -0.25) is 4.79 Å². The fraction of sp³-hybridized carbons (Fsp3) is 0.533. The predicted molar refractivity (Wildman–Crippen MR) is 86.2 cm³/mol. The van der Waals surface area contributed by atoms with Crippen molar-refractivity contribution in [3.8, 4) is 0 Å². The van der Waals surface area contributed by atoms with Gasteiger partial charge in [0.1, 0.15) is 16.5 Å². The van der Waals surface area contributed by atoms with Gasteiger partial charge in [-0.25, -0.2) is 9.97 Å². The minimum absolute atomic E-state index is 0.250. The van der Waals surface area contributed by atoms with E-state index in [1.54, 1.807) is 11.3 Å². The second-order valence-corrected chi connectivity index (χ2v) is 6.42. The van der Waals surface area contributed by atoms with Crippen molar-refractivity contribution in [3.63, 3.8) is 0 Å². The normalized spacial score (nSPS) is 11.0. The van der Waals surface area contributed by atoms with Crippen molar-refractivity contribution in [1.82, 2.24) is 9.97 Å². The Hall–Kier alpha value is -1.69. The van der Waals surface area contributed by atoms with Crippen LogP contribution in [0.4, 0.5) is 5.82 Å². The number of aryl methyl sites for hydroxylation is 3. The number of rotatable bonds is 7. The monoisotopic (exact) mass is 307 g/mol. The number of carboxylic acids is 1. The molecule has 0 fully saturated rings. The summed E-state index contributed by atoms with van der Waals surface area (Å²) >= 11 is 1.70. The average molecular weight is 307 g/mol. The molecule has 0 aliphatic rings. The molecule has 5 nitrogen and oxygen atoms in total. The van der Waals surface area contributed by atoms with Crippen LogP contribution in [0.1, 0.15) is 41.9 Å². The highest BCUT2D eigenvalue weighted by Gasteiger charge is 2.12. The Bertz CT molecular complexity index is 652. The second kappa shape index (κ2) is 6.85. The number of anilines is 1. The van der Waals surface area contributed by atoms with E-state index in [0.29, 0.717) is 0 Å². The summed E-state index contributed by atoms with van der Waals surface area (Å²) in [4.78, 5) is 21.8. The first-order valence-corrected chi connectivity index (χ1v) is 8.00. The number of unbranched alkanes of at least 4 members (excludes halogenated alkanes) is 2. The van der Waals surface area contributed by atoms with Gasteiger partial charge in [-0.2, -0.15) is 0 Å². The van der Waals surface area contributed by atoms with E-state index in [1.165, 1.54) is 10.4 Å². The molecule has 6 heteroatoms. The van der Waals surface area contributed by atoms with Crippen LogP contribution in [0.25, 0.3) is 10.2 Å². The average Bonchev–Trinajstić information content (AvgIpc) is 2.68. The van der Waals surface area contributed by atoms with E-state index in [2.05, 4.69) is 29.1 Å². The number of aromatic nitrogens is 2. The highest BCUT2D eigenvalue weighted by molar-refractivity contribution is 7.18. The van der Waals surface area contributed by atoms with E-state index >= 15 is 0 Å². The lowest BCUT2D eigenvalue weighted by atomic mass is 10.2. The molecule has 0 aromatic carbocycles. The molecule has 0 bridgehead atoms. The molecule has 0 atom stereocenters. The first kappa shape index (κ1) is 15.7. The Morgan fingerprint density at radius 3 is 2.67 bits per heavy atom. The third kappa shape index (κ3) is 3.91. The Kier molecular flexibility index (Phi) is 5.12. The highest BCUT2D eigenvalue weighted by Crippen LogP contribution is 2.33. The maximum absolute atomic E-state index is 10.4. The summed E-state index contributed by atoms with van der Waals surface area (Å²) in [5, 5.41) is 13.1. The molecular formula is C15H21N3O2S. The van der Waals surface area contributed by atoms with Gasteiger partial charge < -0.3 is 10.4 Å². The van der Waals surface area contributed by atoms with Gasteiger partial charge in [0.2, 0.25) is 0 Å². The lowest BCUT2D eigenvalue weighted by Crippen LogP contribution is -2.06. The van der Waals surface area contributed by atoms with Gasteiger partial charge in [-0.1, -0.05) is 6.42 Å². The Balaban J connectivity index is 2.00. The number of nitrogens with one attached hydrogen (secondary N) is 1. The number of fused-ring (bicyclic) bond motifs is 1. The van der Waals surface area contributed by atoms with Crippen LogP contribution < -0.4 is 5.32 Å². The van der Waals surface area contributed by atoms with E-state index < -0.39 is 5.97 Å². The van der Waals surface area contributed by atoms with Crippen LogP contribution in [0.5, 0.6) is 0 Å². The fourth-order valence-electron chi connectivity index (χ4n) is 2.27. The van der Waals surface area contributed by atoms with Gasteiger partial charge in [-0.15, -0.1) is 11.3 Å². The Morgan fingerprint density at radius 1 is 1.19 bits per heavy atom. The van der Waals surface area contributed by atoms with Gasteiger partial charge in [0, 0.05) is 17.8 Å². The summed E-state index contributed by atoms with van der Waals surface area (Å²) in [6.07, 6.45) is 2.83. The minimum atomic E-state index is -0.722. The van der Waals surface area contributed by atoms with Crippen LogP contribution in [0.15, 0.2) is 0 Å². The van der Waals surface area contributed by atoms with E-state index in [0.717, 1.165) is 47.7 Å². The van der Waals surface area contributed by atoms with Crippen molar-refractivity contribution in [2.45, 2.75) is 46.5 Å². The zero-order valence-corrected chi connectivity index (χ0v) is 13.5. The third-order valence-electron chi connectivity index (χ3n) is 3.50. The standard InChI is InChI=1S/C15H21N3O2S/c1-9-10(2)21-15-13(9)14(17-11(3)18-15)16-8-6-4-5-7-12(19)20/h4-8H2,1-3H3,(H,19,20)(H,16,17,18). The van der Waals surface area contributed by atoms with Crippen LogP contribution in [0.3, 0.4) is 0 Å². The van der Waals surface area contributed by atoms with Crippen LogP contribution >= 0.6 is 11.3 Å². The molecule has 21 heavy (non-hydrogen) atoms. The van der Waals surface area contributed by atoms with Gasteiger partial charge in [-0.05, 0) is 39.2 Å². The maximum Gasteiger partial charge on any atom is 0.303 e. The topological polar surface area (TPSA) is 75.1 Å². The molecule has 114 valence electrons. The zero-order valence-electron chi connectivity index (χ0n) is 12.7. The largest absolute Gasteiger partial charge is 0.481 e. The lowest BCUT2D eigenvalue weighted by molar-refractivity contribution is -0.137. The van der Waals surface area contributed by atoms with Gasteiger partial charge in [0.15, 0.2) is 0 Å². The van der Waals surface area contributed by atoms with Crippen molar-refractivity contribution in [2.24, 2.45) is 0 Å². The summed E-state index contributed by atoms with van der Waals surface area (Å²) in [5.74, 6) is 0.954. The highest BCUT2D eigenvalue weighted by atomic mass is 32.1. The predicted octanol–water partition coefficient (Wildman–Crippen LogP) is 3.67. The number of hydrogen-bond acceptors (Lipinski definition) is 5. The molecule has 0 spiro atoms. The summed E-state index contributed by atoms with van der Waals surface area (Å²) in [6.45, 7) is 6.92. The molecule has 2 N–H and O–H groups in total. The van der Waals surface area contributed by atoms with Crippen molar-refractivity contribution in [2.75, 3.05) is 11.9 Å². The summed E-state index contributed by atoms with van der Waals surface area (Å²) in [7, 11) is 0.